The van der Waals surface area contributed by atoms with Crippen LogP contribution in [0.1, 0.15) is 21.6 Å². The Labute approximate surface area is 99.1 Å². The van der Waals surface area contributed by atoms with Crippen LogP contribution in [0.3, 0.4) is 0 Å². The maximum Gasteiger partial charge on any atom is 0.345 e. The van der Waals surface area contributed by atoms with Crippen molar-refractivity contribution in [2.75, 3.05) is 0 Å². The summed E-state index contributed by atoms with van der Waals surface area (Å²) in [5.41, 5.74) is 2.44. The van der Waals surface area contributed by atoms with E-state index in [2.05, 4.69) is 4.98 Å². The van der Waals surface area contributed by atoms with Crippen LogP contribution in [0.15, 0.2) is 42.6 Å². The molecule has 0 amide bonds. The predicted octanol–water partition coefficient (Wildman–Crippen LogP) is 2.40. The number of carbonyl (C=O) groups excluding carboxylic acids is 1. The van der Waals surface area contributed by atoms with Crippen LogP contribution in [0.2, 0.25) is 0 Å². The summed E-state index contributed by atoms with van der Waals surface area (Å²) < 4.78 is 5.38. The number of pyridine rings is 1. The number of ether oxygens (including phenoxy) is 1. The van der Waals surface area contributed by atoms with Crippen LogP contribution < -0.4 is 4.74 Å². The summed E-state index contributed by atoms with van der Waals surface area (Å²) >= 11 is 0. The van der Waals surface area contributed by atoms with Crippen molar-refractivity contribution >= 4 is 5.97 Å². The molecule has 0 fully saturated rings. The number of carbonyl (C=O) groups is 1. The van der Waals surface area contributed by atoms with E-state index in [1.807, 2.05) is 24.3 Å². The average Bonchev–Trinajstić information content (AvgIpc) is 2.36. The largest absolute Gasteiger partial charge is 0.423 e. The molecule has 3 rings (SSSR count). The maximum atomic E-state index is 12.0. The number of hydrogen-bond acceptors (Lipinski definition) is 3. The van der Waals surface area contributed by atoms with Crippen LogP contribution >= 0.6 is 0 Å². The van der Waals surface area contributed by atoms with Gasteiger partial charge in [0.2, 0.25) is 0 Å². The van der Waals surface area contributed by atoms with Crippen molar-refractivity contribution in [3.63, 3.8) is 0 Å². The van der Waals surface area contributed by atoms with Crippen molar-refractivity contribution in [3.8, 4) is 5.75 Å². The Morgan fingerprint density at radius 1 is 1.06 bits per heavy atom. The van der Waals surface area contributed by atoms with Crippen molar-refractivity contribution < 1.29 is 9.53 Å². The Hall–Kier alpha value is -2.16. The van der Waals surface area contributed by atoms with Crippen molar-refractivity contribution in [1.82, 2.24) is 4.98 Å². The molecule has 84 valence electrons. The van der Waals surface area contributed by atoms with Gasteiger partial charge in [0, 0.05) is 6.20 Å². The Bertz CT molecular complexity index is 578. The van der Waals surface area contributed by atoms with Gasteiger partial charge >= 0.3 is 5.97 Å². The number of rotatable bonds is 0. The van der Waals surface area contributed by atoms with Gasteiger partial charge < -0.3 is 4.74 Å². The number of para-hydroxylation sites is 1. The number of aromatic nitrogens is 1. The van der Waals surface area contributed by atoms with E-state index in [-0.39, 0.29) is 5.97 Å². The van der Waals surface area contributed by atoms with E-state index >= 15 is 0 Å². The molecule has 0 saturated carbocycles. The first kappa shape index (κ1) is 10.0. The molecule has 0 bridgehead atoms. The lowest BCUT2D eigenvalue weighted by Gasteiger charge is -2.15. The van der Waals surface area contributed by atoms with E-state index in [4.69, 9.17) is 4.74 Å². The minimum atomic E-state index is -0.319. The van der Waals surface area contributed by atoms with Crippen molar-refractivity contribution in [3.05, 3.63) is 59.4 Å². The second kappa shape index (κ2) is 4.01. The summed E-state index contributed by atoms with van der Waals surface area (Å²) in [6.07, 6.45) is 3.31. The first-order valence-electron chi connectivity index (χ1n) is 5.58. The van der Waals surface area contributed by atoms with Gasteiger partial charge in [0.1, 0.15) is 5.75 Å². The highest BCUT2D eigenvalue weighted by Gasteiger charge is 2.19. The second-order valence-electron chi connectivity index (χ2n) is 3.99. The third kappa shape index (κ3) is 1.80. The maximum absolute atomic E-state index is 12.0. The molecule has 0 N–H and O–H groups in total. The number of hydrogen-bond donors (Lipinski definition) is 0. The Morgan fingerprint density at radius 3 is 2.88 bits per heavy atom. The zero-order valence-electron chi connectivity index (χ0n) is 9.22. The molecule has 3 nitrogen and oxygen atoms in total. The summed E-state index contributed by atoms with van der Waals surface area (Å²) in [5.74, 6) is 0.340. The topological polar surface area (TPSA) is 39.2 Å². The highest BCUT2D eigenvalue weighted by atomic mass is 16.5. The van der Waals surface area contributed by atoms with E-state index in [1.165, 1.54) is 0 Å². The van der Waals surface area contributed by atoms with E-state index in [0.717, 1.165) is 24.1 Å². The number of nitrogens with zero attached hydrogens (tertiary/aromatic N) is 1. The molecule has 0 unspecified atom stereocenters. The van der Waals surface area contributed by atoms with Crippen LogP contribution in [0.5, 0.6) is 5.75 Å². The third-order valence-electron chi connectivity index (χ3n) is 2.92. The van der Waals surface area contributed by atoms with Crippen molar-refractivity contribution in [1.29, 1.82) is 0 Å². The fraction of sp³-hybridized carbons (Fsp3) is 0.143. The molecule has 17 heavy (non-hydrogen) atoms. The summed E-state index contributed by atoms with van der Waals surface area (Å²) in [7, 11) is 0. The third-order valence-corrected chi connectivity index (χ3v) is 2.92. The number of aryl methyl sites for hydroxylation is 2. The van der Waals surface area contributed by atoms with Gasteiger partial charge in [-0.1, -0.05) is 18.2 Å². The fourth-order valence-corrected chi connectivity index (χ4v) is 2.04. The normalized spacial score (nSPS) is 14.0. The van der Waals surface area contributed by atoms with E-state index in [9.17, 15) is 4.79 Å². The molecular formula is C14H11NO2. The lowest BCUT2D eigenvalue weighted by Crippen LogP contribution is -2.16. The van der Waals surface area contributed by atoms with Gasteiger partial charge in [0.05, 0.1) is 11.3 Å². The molecule has 0 atom stereocenters. The quantitative estimate of drug-likeness (QED) is 0.510. The minimum absolute atomic E-state index is 0.319. The zero-order chi connectivity index (χ0) is 11.7. The van der Waals surface area contributed by atoms with Gasteiger partial charge in [0.25, 0.3) is 0 Å². The van der Waals surface area contributed by atoms with Gasteiger partial charge in [-0.15, -0.1) is 0 Å². The van der Waals surface area contributed by atoms with Crippen molar-refractivity contribution in [2.45, 2.75) is 12.8 Å². The summed E-state index contributed by atoms with van der Waals surface area (Å²) in [5, 5.41) is 0. The molecule has 2 heterocycles. The summed E-state index contributed by atoms with van der Waals surface area (Å²) in [6, 6.07) is 11.2. The minimum Gasteiger partial charge on any atom is -0.423 e. The molecular weight excluding hydrogens is 214 g/mol. The number of benzene rings is 1. The molecule has 0 aliphatic carbocycles. The van der Waals surface area contributed by atoms with Crippen LogP contribution in [0.25, 0.3) is 0 Å². The zero-order valence-corrected chi connectivity index (χ0v) is 9.22. The van der Waals surface area contributed by atoms with Gasteiger partial charge in [-0.05, 0) is 36.6 Å². The lowest BCUT2D eigenvalue weighted by atomic mass is 10.0. The SMILES string of the molecule is O=C1Oc2ccccc2CCc2ncccc21. The smallest absolute Gasteiger partial charge is 0.345 e. The Kier molecular flexibility index (Phi) is 2.37. The molecule has 1 aliphatic rings. The van der Waals surface area contributed by atoms with Gasteiger partial charge in [0.15, 0.2) is 0 Å². The second-order valence-corrected chi connectivity index (χ2v) is 3.99. The molecule has 3 heteroatoms. The highest BCUT2D eigenvalue weighted by molar-refractivity contribution is 5.92. The lowest BCUT2D eigenvalue weighted by molar-refractivity contribution is 0.0729. The molecule has 0 spiro atoms. The average molecular weight is 225 g/mol. The molecule has 1 aromatic heterocycles. The van der Waals surface area contributed by atoms with Gasteiger partial charge in [-0.3, -0.25) is 4.98 Å². The molecule has 2 aromatic rings. The van der Waals surface area contributed by atoms with E-state index in [1.54, 1.807) is 18.3 Å². The molecule has 0 radical (unpaired) electrons. The molecule has 1 aliphatic heterocycles. The Morgan fingerprint density at radius 2 is 1.94 bits per heavy atom. The van der Waals surface area contributed by atoms with Crippen LogP contribution in [0.4, 0.5) is 0 Å². The van der Waals surface area contributed by atoms with Crippen LogP contribution in [-0.2, 0) is 12.8 Å². The summed E-state index contributed by atoms with van der Waals surface area (Å²) in [4.78, 5) is 16.2. The monoisotopic (exact) mass is 225 g/mol. The number of fused-ring (bicyclic) bond motifs is 2. The fourth-order valence-electron chi connectivity index (χ4n) is 2.04. The van der Waals surface area contributed by atoms with Gasteiger partial charge in [-0.2, -0.15) is 0 Å². The highest BCUT2D eigenvalue weighted by Crippen LogP contribution is 2.24. The van der Waals surface area contributed by atoms with Crippen LogP contribution in [0, 0.1) is 0 Å². The summed E-state index contributed by atoms with van der Waals surface area (Å²) in [6.45, 7) is 0. The first-order valence-corrected chi connectivity index (χ1v) is 5.58. The molecule has 0 saturated heterocycles. The molecule has 1 aromatic carbocycles. The first-order chi connectivity index (χ1) is 8.34. The predicted molar refractivity (Wildman–Crippen MR) is 63.0 cm³/mol. The van der Waals surface area contributed by atoms with Crippen molar-refractivity contribution in [2.24, 2.45) is 0 Å². The number of esters is 1. The van der Waals surface area contributed by atoms with Gasteiger partial charge in [-0.25, -0.2) is 4.79 Å². The van der Waals surface area contributed by atoms with Crippen LogP contribution in [-0.4, -0.2) is 11.0 Å². The van der Waals surface area contributed by atoms with E-state index in [0.29, 0.717) is 11.3 Å². The standard InChI is InChI=1S/C14H11NO2/c16-14-11-5-3-9-15-12(11)8-7-10-4-1-2-6-13(10)17-14/h1-6,9H,7-8H2. The van der Waals surface area contributed by atoms with E-state index < -0.39 is 0 Å². The Balaban J connectivity index is 2.06.